The molecule has 0 unspecified atom stereocenters. The summed E-state index contributed by atoms with van der Waals surface area (Å²) in [5.74, 6) is 1.23. The van der Waals surface area contributed by atoms with E-state index in [2.05, 4.69) is 14.9 Å². The Bertz CT molecular complexity index is 1180. The molecule has 4 rings (SSSR count). The Morgan fingerprint density at radius 2 is 1.82 bits per heavy atom. The second-order valence-electron chi connectivity index (χ2n) is 9.12. The summed E-state index contributed by atoms with van der Waals surface area (Å²) in [4.78, 5) is 36.0. The number of carbonyl (C=O) groups excluding carboxylic acids is 1. The predicted octanol–water partition coefficient (Wildman–Crippen LogP) is 3.52. The van der Waals surface area contributed by atoms with Crippen LogP contribution in [0.2, 0.25) is 0 Å². The van der Waals surface area contributed by atoms with E-state index in [0.29, 0.717) is 36.4 Å². The van der Waals surface area contributed by atoms with E-state index < -0.39 is 5.60 Å². The summed E-state index contributed by atoms with van der Waals surface area (Å²) < 4.78 is 11.4. The number of hydrogen-bond acceptors (Lipinski definition) is 6. The first-order valence-corrected chi connectivity index (χ1v) is 11.2. The second-order valence-corrected chi connectivity index (χ2v) is 9.12. The van der Waals surface area contributed by atoms with Crippen molar-refractivity contribution in [2.45, 2.75) is 26.4 Å². The SMILES string of the molecule is CC(C)(C)OC(=O)N1CCN(CCOc2cccc(-c3nc4ccccc4c(=O)[nH]3)c2)CC1. The monoisotopic (exact) mass is 450 g/mol. The lowest BCUT2D eigenvalue weighted by Crippen LogP contribution is -2.50. The lowest BCUT2D eigenvalue weighted by Gasteiger charge is -2.35. The van der Waals surface area contributed by atoms with Crippen LogP contribution in [0.5, 0.6) is 5.75 Å². The molecule has 1 N–H and O–H groups in total. The highest BCUT2D eigenvalue weighted by molar-refractivity contribution is 5.79. The molecule has 174 valence electrons. The summed E-state index contributed by atoms with van der Waals surface area (Å²) in [6.45, 7) is 9.77. The molecular formula is C25H30N4O4. The van der Waals surface area contributed by atoms with Crippen molar-refractivity contribution in [1.82, 2.24) is 19.8 Å². The van der Waals surface area contributed by atoms with Gasteiger partial charge in [0, 0.05) is 38.3 Å². The number of ether oxygens (including phenoxy) is 2. The Kier molecular flexibility index (Phi) is 6.65. The minimum Gasteiger partial charge on any atom is -0.492 e. The molecule has 2 heterocycles. The molecule has 8 nitrogen and oxygen atoms in total. The fourth-order valence-electron chi connectivity index (χ4n) is 3.73. The highest BCUT2D eigenvalue weighted by atomic mass is 16.6. The Hall–Kier alpha value is -3.39. The normalized spacial score (nSPS) is 14.9. The van der Waals surface area contributed by atoms with Gasteiger partial charge >= 0.3 is 6.09 Å². The Balaban J connectivity index is 1.31. The number of aromatic nitrogens is 2. The third-order valence-electron chi connectivity index (χ3n) is 5.42. The minimum atomic E-state index is -0.480. The van der Waals surface area contributed by atoms with Crippen molar-refractivity contribution in [3.8, 4) is 17.1 Å². The van der Waals surface area contributed by atoms with Crippen LogP contribution < -0.4 is 10.3 Å². The maximum atomic E-state index is 12.4. The van der Waals surface area contributed by atoms with Gasteiger partial charge in [-0.25, -0.2) is 9.78 Å². The highest BCUT2D eigenvalue weighted by Gasteiger charge is 2.25. The molecule has 33 heavy (non-hydrogen) atoms. The molecule has 0 saturated carbocycles. The van der Waals surface area contributed by atoms with Crippen molar-refractivity contribution >= 4 is 17.0 Å². The number of H-pyrrole nitrogens is 1. The summed E-state index contributed by atoms with van der Waals surface area (Å²) in [7, 11) is 0. The Morgan fingerprint density at radius 1 is 1.06 bits per heavy atom. The van der Waals surface area contributed by atoms with E-state index in [1.807, 2.05) is 63.2 Å². The van der Waals surface area contributed by atoms with Crippen LogP contribution in [-0.2, 0) is 4.74 Å². The van der Waals surface area contributed by atoms with E-state index in [0.717, 1.165) is 30.9 Å². The molecule has 0 atom stereocenters. The van der Waals surface area contributed by atoms with Crippen LogP contribution in [0.3, 0.4) is 0 Å². The van der Waals surface area contributed by atoms with Crippen LogP contribution in [0, 0.1) is 0 Å². The molecule has 8 heteroatoms. The number of aromatic amines is 1. The van der Waals surface area contributed by atoms with Crippen LogP contribution in [0.25, 0.3) is 22.3 Å². The smallest absolute Gasteiger partial charge is 0.410 e. The van der Waals surface area contributed by atoms with Crippen molar-refractivity contribution in [3.63, 3.8) is 0 Å². The summed E-state index contributed by atoms with van der Waals surface area (Å²) in [5, 5.41) is 0.570. The van der Waals surface area contributed by atoms with Gasteiger partial charge in [0.25, 0.3) is 5.56 Å². The highest BCUT2D eigenvalue weighted by Crippen LogP contribution is 2.22. The van der Waals surface area contributed by atoms with Crippen LogP contribution in [-0.4, -0.2) is 70.8 Å². The van der Waals surface area contributed by atoms with Crippen molar-refractivity contribution in [2.75, 3.05) is 39.3 Å². The quantitative estimate of drug-likeness (QED) is 0.640. The van der Waals surface area contributed by atoms with Gasteiger partial charge in [-0.2, -0.15) is 0 Å². The number of rotatable bonds is 5. The van der Waals surface area contributed by atoms with E-state index >= 15 is 0 Å². The van der Waals surface area contributed by atoms with Crippen LogP contribution in [0.15, 0.2) is 53.3 Å². The average Bonchev–Trinajstić information content (AvgIpc) is 2.78. The number of amides is 1. The number of nitrogens with one attached hydrogen (secondary N) is 1. The molecule has 0 aliphatic carbocycles. The lowest BCUT2D eigenvalue weighted by molar-refractivity contribution is 0.0137. The average molecular weight is 451 g/mol. The standard InChI is InChI=1S/C25H30N4O4/c1-25(2,3)33-24(31)29-13-11-28(12-14-29)15-16-32-19-8-6-7-18(17-19)22-26-21-10-5-4-9-20(21)23(30)27-22/h4-10,17H,11-16H2,1-3H3,(H,26,27,30). The molecular weight excluding hydrogens is 420 g/mol. The summed E-state index contributed by atoms with van der Waals surface area (Å²) >= 11 is 0. The number of nitrogens with zero attached hydrogens (tertiary/aromatic N) is 3. The van der Waals surface area contributed by atoms with Gasteiger partial charge in [0.05, 0.1) is 10.9 Å². The maximum Gasteiger partial charge on any atom is 0.410 e. The van der Waals surface area contributed by atoms with Crippen LogP contribution >= 0.6 is 0 Å². The van der Waals surface area contributed by atoms with Crippen molar-refractivity contribution < 1.29 is 14.3 Å². The molecule has 1 amide bonds. The third-order valence-corrected chi connectivity index (χ3v) is 5.42. The summed E-state index contributed by atoms with van der Waals surface area (Å²) in [5.41, 5.74) is 0.813. The molecule has 1 aliphatic heterocycles. The van der Waals surface area contributed by atoms with Gasteiger partial charge < -0.3 is 19.4 Å². The zero-order chi connectivity index (χ0) is 23.4. The van der Waals surface area contributed by atoms with E-state index in [-0.39, 0.29) is 11.7 Å². The third kappa shape index (κ3) is 5.90. The first-order chi connectivity index (χ1) is 15.8. The molecule has 3 aromatic rings. The molecule has 1 aromatic heterocycles. The summed E-state index contributed by atoms with van der Waals surface area (Å²) in [6, 6.07) is 14.8. The Morgan fingerprint density at radius 3 is 2.58 bits per heavy atom. The fourth-order valence-corrected chi connectivity index (χ4v) is 3.73. The number of para-hydroxylation sites is 1. The molecule has 0 bridgehead atoms. The Labute approximate surface area is 193 Å². The first kappa shape index (κ1) is 22.8. The van der Waals surface area contributed by atoms with Crippen LogP contribution in [0.4, 0.5) is 4.79 Å². The number of hydrogen-bond donors (Lipinski definition) is 1. The number of benzene rings is 2. The number of carbonyl (C=O) groups is 1. The van der Waals surface area contributed by atoms with Crippen molar-refractivity contribution in [1.29, 1.82) is 0 Å². The van der Waals surface area contributed by atoms with Gasteiger partial charge in [-0.3, -0.25) is 9.69 Å². The van der Waals surface area contributed by atoms with Crippen LogP contribution in [0.1, 0.15) is 20.8 Å². The summed E-state index contributed by atoms with van der Waals surface area (Å²) in [6.07, 6.45) is -0.254. The molecule has 1 aliphatic rings. The predicted molar refractivity (Wildman–Crippen MR) is 128 cm³/mol. The van der Waals surface area contributed by atoms with Gasteiger partial charge in [-0.15, -0.1) is 0 Å². The lowest BCUT2D eigenvalue weighted by atomic mass is 10.2. The fraction of sp³-hybridized carbons (Fsp3) is 0.400. The van der Waals surface area contributed by atoms with E-state index in [4.69, 9.17) is 9.47 Å². The maximum absolute atomic E-state index is 12.4. The van der Waals surface area contributed by atoms with Gasteiger partial charge in [-0.05, 0) is 45.0 Å². The van der Waals surface area contributed by atoms with Crippen molar-refractivity contribution in [2.24, 2.45) is 0 Å². The zero-order valence-corrected chi connectivity index (χ0v) is 19.3. The van der Waals surface area contributed by atoms with E-state index in [1.54, 1.807) is 11.0 Å². The van der Waals surface area contributed by atoms with Crippen molar-refractivity contribution in [3.05, 3.63) is 58.9 Å². The van der Waals surface area contributed by atoms with Gasteiger partial charge in [0.2, 0.25) is 0 Å². The second kappa shape index (κ2) is 9.62. The molecule has 1 fully saturated rings. The number of fused-ring (bicyclic) bond motifs is 1. The minimum absolute atomic E-state index is 0.160. The largest absolute Gasteiger partial charge is 0.492 e. The molecule has 2 aromatic carbocycles. The van der Waals surface area contributed by atoms with Gasteiger partial charge in [0.15, 0.2) is 0 Å². The van der Waals surface area contributed by atoms with E-state index in [9.17, 15) is 9.59 Å². The van der Waals surface area contributed by atoms with Gasteiger partial charge in [0.1, 0.15) is 23.8 Å². The topological polar surface area (TPSA) is 87.8 Å². The van der Waals surface area contributed by atoms with E-state index in [1.165, 1.54) is 0 Å². The molecule has 1 saturated heterocycles. The molecule has 0 radical (unpaired) electrons. The first-order valence-electron chi connectivity index (χ1n) is 11.2. The number of piperazine rings is 1. The molecule has 0 spiro atoms. The zero-order valence-electron chi connectivity index (χ0n) is 19.3. The van der Waals surface area contributed by atoms with Gasteiger partial charge in [-0.1, -0.05) is 24.3 Å².